The summed E-state index contributed by atoms with van der Waals surface area (Å²) in [6, 6.07) is 5.04. The van der Waals surface area contributed by atoms with E-state index in [-0.39, 0.29) is 5.82 Å². The Morgan fingerprint density at radius 1 is 1.37 bits per heavy atom. The lowest BCUT2D eigenvalue weighted by Gasteiger charge is -2.34. The summed E-state index contributed by atoms with van der Waals surface area (Å²) in [5.74, 6) is 0.473. The first-order valence-corrected chi connectivity index (χ1v) is 6.97. The Labute approximate surface area is 114 Å². The van der Waals surface area contributed by atoms with Gasteiger partial charge in [-0.15, -0.1) is 0 Å². The normalized spacial score (nSPS) is 16.9. The number of rotatable bonds is 5. The predicted molar refractivity (Wildman–Crippen MR) is 76.0 cm³/mol. The quantitative estimate of drug-likeness (QED) is 0.888. The number of ether oxygens (including phenoxy) is 1. The van der Waals surface area contributed by atoms with E-state index in [1.54, 1.807) is 13.2 Å². The summed E-state index contributed by atoms with van der Waals surface area (Å²) in [5.41, 5.74) is 7.78. The van der Waals surface area contributed by atoms with Crippen molar-refractivity contribution >= 4 is 5.69 Å². The van der Waals surface area contributed by atoms with Gasteiger partial charge in [0.1, 0.15) is 5.82 Å². The minimum Gasteiger partial charge on any atom is -0.384 e. The van der Waals surface area contributed by atoms with Crippen LogP contribution < -0.4 is 10.6 Å². The zero-order valence-corrected chi connectivity index (χ0v) is 11.6. The number of methoxy groups -OCH3 is 1. The molecule has 1 heterocycles. The van der Waals surface area contributed by atoms with Gasteiger partial charge in [-0.25, -0.2) is 4.39 Å². The van der Waals surface area contributed by atoms with E-state index >= 15 is 0 Å². The number of halogens is 1. The summed E-state index contributed by atoms with van der Waals surface area (Å²) in [6.45, 7) is 3.41. The van der Waals surface area contributed by atoms with E-state index in [1.165, 1.54) is 6.07 Å². The van der Waals surface area contributed by atoms with Crippen LogP contribution in [0.15, 0.2) is 18.2 Å². The second kappa shape index (κ2) is 6.87. The molecule has 3 nitrogen and oxygen atoms in total. The molecule has 0 bridgehead atoms. The van der Waals surface area contributed by atoms with Crippen molar-refractivity contribution in [3.8, 4) is 0 Å². The third-order valence-electron chi connectivity index (χ3n) is 3.81. The molecule has 1 aliphatic rings. The van der Waals surface area contributed by atoms with Gasteiger partial charge in [0.15, 0.2) is 0 Å². The summed E-state index contributed by atoms with van der Waals surface area (Å²) in [5, 5.41) is 0. The smallest absolute Gasteiger partial charge is 0.123 e. The highest BCUT2D eigenvalue weighted by molar-refractivity contribution is 5.54. The van der Waals surface area contributed by atoms with Gasteiger partial charge in [0.05, 0.1) is 0 Å². The lowest BCUT2D eigenvalue weighted by molar-refractivity contribution is 0.139. The number of anilines is 1. The first-order valence-electron chi connectivity index (χ1n) is 6.97. The Morgan fingerprint density at radius 3 is 2.74 bits per heavy atom. The number of hydrogen-bond donors (Lipinski definition) is 1. The Morgan fingerprint density at radius 2 is 2.11 bits per heavy atom. The Bertz CT molecular complexity index is 403. The molecule has 2 N–H and O–H groups in total. The van der Waals surface area contributed by atoms with Crippen LogP contribution >= 0.6 is 0 Å². The molecule has 1 aromatic rings. The fourth-order valence-electron chi connectivity index (χ4n) is 2.79. The molecule has 19 heavy (non-hydrogen) atoms. The highest BCUT2D eigenvalue weighted by atomic mass is 19.1. The molecule has 0 saturated carbocycles. The number of nitrogens with two attached hydrogens (primary N) is 1. The van der Waals surface area contributed by atoms with E-state index in [2.05, 4.69) is 4.90 Å². The van der Waals surface area contributed by atoms with Gasteiger partial charge < -0.3 is 15.4 Å². The minimum atomic E-state index is -0.179. The van der Waals surface area contributed by atoms with Crippen molar-refractivity contribution in [2.24, 2.45) is 11.7 Å². The zero-order chi connectivity index (χ0) is 13.7. The standard InChI is InChI=1S/C15H23FN2O/c1-19-11-12-5-8-18(9-6-12)15-3-2-14(16)10-13(15)4-7-17/h2-3,10,12H,4-9,11,17H2,1H3. The minimum absolute atomic E-state index is 0.179. The lowest BCUT2D eigenvalue weighted by Crippen LogP contribution is -2.35. The van der Waals surface area contributed by atoms with Gasteiger partial charge in [0.2, 0.25) is 0 Å². The molecule has 2 rings (SSSR count). The number of benzene rings is 1. The second-order valence-corrected chi connectivity index (χ2v) is 5.20. The third-order valence-corrected chi connectivity index (χ3v) is 3.81. The van der Waals surface area contributed by atoms with Gasteiger partial charge in [-0.1, -0.05) is 0 Å². The topological polar surface area (TPSA) is 38.5 Å². The molecule has 0 atom stereocenters. The van der Waals surface area contributed by atoms with Crippen molar-refractivity contribution in [1.29, 1.82) is 0 Å². The lowest BCUT2D eigenvalue weighted by atomic mass is 9.96. The van der Waals surface area contributed by atoms with Crippen LogP contribution in [0, 0.1) is 11.7 Å². The van der Waals surface area contributed by atoms with Crippen LogP contribution in [-0.4, -0.2) is 33.4 Å². The Hall–Kier alpha value is -1.13. The summed E-state index contributed by atoms with van der Waals surface area (Å²) in [4.78, 5) is 2.34. The van der Waals surface area contributed by atoms with Crippen LogP contribution in [-0.2, 0) is 11.2 Å². The van der Waals surface area contributed by atoms with E-state index in [9.17, 15) is 4.39 Å². The van der Waals surface area contributed by atoms with E-state index in [4.69, 9.17) is 10.5 Å². The van der Waals surface area contributed by atoms with Crippen molar-refractivity contribution in [1.82, 2.24) is 0 Å². The molecule has 1 aromatic carbocycles. The van der Waals surface area contributed by atoms with E-state index in [0.29, 0.717) is 12.5 Å². The molecule has 0 amide bonds. The van der Waals surface area contributed by atoms with E-state index in [1.807, 2.05) is 6.07 Å². The van der Waals surface area contributed by atoms with Gasteiger partial charge in [0, 0.05) is 32.5 Å². The van der Waals surface area contributed by atoms with Crippen molar-refractivity contribution < 1.29 is 9.13 Å². The number of nitrogens with zero attached hydrogens (tertiary/aromatic N) is 1. The highest BCUT2D eigenvalue weighted by Gasteiger charge is 2.20. The Kier molecular flexibility index (Phi) is 5.16. The molecule has 0 unspecified atom stereocenters. The van der Waals surface area contributed by atoms with Crippen LogP contribution in [0.1, 0.15) is 18.4 Å². The van der Waals surface area contributed by atoms with Crippen molar-refractivity contribution in [2.75, 3.05) is 38.3 Å². The van der Waals surface area contributed by atoms with Crippen LogP contribution in [0.25, 0.3) is 0 Å². The first-order chi connectivity index (χ1) is 9.24. The second-order valence-electron chi connectivity index (χ2n) is 5.20. The molecule has 4 heteroatoms. The summed E-state index contributed by atoms with van der Waals surface area (Å²) in [7, 11) is 1.76. The Balaban J connectivity index is 2.06. The summed E-state index contributed by atoms with van der Waals surface area (Å²) in [6.07, 6.45) is 2.99. The summed E-state index contributed by atoms with van der Waals surface area (Å²) < 4.78 is 18.5. The summed E-state index contributed by atoms with van der Waals surface area (Å²) >= 11 is 0. The van der Waals surface area contributed by atoms with Gasteiger partial charge in [-0.05, 0) is 55.5 Å². The molecule has 1 fully saturated rings. The monoisotopic (exact) mass is 266 g/mol. The van der Waals surface area contributed by atoms with Crippen LogP contribution in [0.2, 0.25) is 0 Å². The van der Waals surface area contributed by atoms with Gasteiger partial charge in [-0.3, -0.25) is 0 Å². The molecule has 106 valence electrons. The van der Waals surface area contributed by atoms with Gasteiger partial charge in [-0.2, -0.15) is 0 Å². The average Bonchev–Trinajstić information content (AvgIpc) is 2.41. The average molecular weight is 266 g/mol. The fourth-order valence-corrected chi connectivity index (χ4v) is 2.79. The largest absolute Gasteiger partial charge is 0.384 e. The van der Waals surface area contributed by atoms with E-state index < -0.39 is 0 Å². The van der Waals surface area contributed by atoms with Crippen molar-refractivity contribution in [2.45, 2.75) is 19.3 Å². The van der Waals surface area contributed by atoms with Crippen LogP contribution in [0.5, 0.6) is 0 Å². The molecule has 0 aliphatic carbocycles. The van der Waals surface area contributed by atoms with Gasteiger partial charge >= 0.3 is 0 Å². The predicted octanol–water partition coefficient (Wildman–Crippen LogP) is 2.19. The SMILES string of the molecule is COCC1CCN(c2ccc(F)cc2CCN)CC1. The molecule has 0 radical (unpaired) electrons. The molecule has 0 aromatic heterocycles. The molecule has 0 spiro atoms. The maximum atomic E-state index is 13.3. The van der Waals surface area contributed by atoms with Crippen LogP contribution in [0.3, 0.4) is 0 Å². The molecule has 1 saturated heterocycles. The number of piperidine rings is 1. The van der Waals surface area contributed by atoms with Crippen molar-refractivity contribution in [3.05, 3.63) is 29.6 Å². The number of hydrogen-bond acceptors (Lipinski definition) is 3. The molecule has 1 aliphatic heterocycles. The third kappa shape index (κ3) is 3.67. The van der Waals surface area contributed by atoms with Gasteiger partial charge in [0.25, 0.3) is 0 Å². The van der Waals surface area contributed by atoms with Crippen molar-refractivity contribution in [3.63, 3.8) is 0 Å². The highest BCUT2D eigenvalue weighted by Crippen LogP contribution is 2.27. The fraction of sp³-hybridized carbons (Fsp3) is 0.600. The maximum Gasteiger partial charge on any atom is 0.123 e. The van der Waals surface area contributed by atoms with E-state index in [0.717, 1.165) is 50.2 Å². The molecular weight excluding hydrogens is 243 g/mol. The zero-order valence-electron chi connectivity index (χ0n) is 11.6. The van der Waals surface area contributed by atoms with Crippen LogP contribution in [0.4, 0.5) is 10.1 Å². The first kappa shape index (κ1) is 14.3. The molecular formula is C15H23FN2O. The maximum absolute atomic E-state index is 13.3.